The summed E-state index contributed by atoms with van der Waals surface area (Å²) in [6.07, 6.45) is 3.59. The van der Waals surface area contributed by atoms with E-state index in [-0.39, 0.29) is 12.2 Å². The number of morpholine rings is 1. The zero-order valence-corrected chi connectivity index (χ0v) is 11.1. The summed E-state index contributed by atoms with van der Waals surface area (Å²) < 4.78 is 5.19. The Morgan fingerprint density at radius 2 is 1.94 bits per heavy atom. The lowest BCUT2D eigenvalue weighted by atomic mass is 10.0. The van der Waals surface area contributed by atoms with Crippen LogP contribution in [0.4, 0.5) is 0 Å². The number of hydrogen-bond donors (Lipinski definition) is 1. The Balaban J connectivity index is 2.41. The molecule has 1 saturated heterocycles. The Bertz CT molecular complexity index is 274. The van der Waals surface area contributed by atoms with Gasteiger partial charge >= 0.3 is 5.97 Å². The van der Waals surface area contributed by atoms with Gasteiger partial charge in [-0.2, -0.15) is 0 Å². The molecule has 104 valence electrons. The maximum Gasteiger partial charge on any atom is 0.321 e. The van der Waals surface area contributed by atoms with E-state index in [4.69, 9.17) is 4.74 Å². The van der Waals surface area contributed by atoms with Crippen LogP contribution in [0.5, 0.6) is 0 Å². The molecule has 0 aromatic heterocycles. The van der Waals surface area contributed by atoms with E-state index < -0.39 is 12.0 Å². The van der Waals surface area contributed by atoms with E-state index in [9.17, 15) is 14.7 Å². The molecule has 0 aromatic rings. The molecule has 1 atom stereocenters. The van der Waals surface area contributed by atoms with Gasteiger partial charge in [-0.1, -0.05) is 19.8 Å². The molecular weight excluding hydrogens is 234 g/mol. The number of carbonyl (C=O) groups excluding carboxylic acids is 1. The Morgan fingerprint density at radius 3 is 2.50 bits per heavy atom. The SMILES string of the molecule is CCCCCC(=O)CC(C(=O)O)N1CCOCC1. The molecule has 0 spiro atoms. The molecule has 0 amide bonds. The quantitative estimate of drug-likeness (QED) is 0.664. The van der Waals surface area contributed by atoms with Crippen LogP contribution >= 0.6 is 0 Å². The lowest BCUT2D eigenvalue weighted by Crippen LogP contribution is -2.48. The van der Waals surface area contributed by atoms with Crippen LogP contribution in [0.2, 0.25) is 0 Å². The molecule has 1 N–H and O–H groups in total. The van der Waals surface area contributed by atoms with Crippen molar-refractivity contribution in [3.05, 3.63) is 0 Å². The van der Waals surface area contributed by atoms with Crippen molar-refractivity contribution in [3.63, 3.8) is 0 Å². The first kappa shape index (κ1) is 15.1. The van der Waals surface area contributed by atoms with E-state index in [0.29, 0.717) is 32.7 Å². The molecule has 0 saturated carbocycles. The number of carboxylic acid groups (broad SMARTS) is 1. The van der Waals surface area contributed by atoms with Crippen molar-refractivity contribution < 1.29 is 19.4 Å². The fourth-order valence-corrected chi connectivity index (χ4v) is 2.15. The number of hydrogen-bond acceptors (Lipinski definition) is 4. The molecule has 1 heterocycles. The van der Waals surface area contributed by atoms with E-state index in [1.54, 1.807) is 0 Å². The molecule has 0 bridgehead atoms. The summed E-state index contributed by atoms with van der Waals surface area (Å²) in [6, 6.07) is -0.678. The minimum atomic E-state index is -0.902. The van der Waals surface area contributed by atoms with Crippen LogP contribution in [0.15, 0.2) is 0 Å². The summed E-state index contributed by atoms with van der Waals surface area (Å²) in [5.41, 5.74) is 0. The second-order valence-electron chi connectivity index (χ2n) is 4.70. The molecule has 1 aliphatic heterocycles. The van der Waals surface area contributed by atoms with E-state index in [1.165, 1.54) is 0 Å². The van der Waals surface area contributed by atoms with Crippen molar-refractivity contribution in [2.75, 3.05) is 26.3 Å². The van der Waals surface area contributed by atoms with Crippen LogP contribution in [-0.4, -0.2) is 54.1 Å². The molecule has 1 unspecified atom stereocenters. The predicted octanol–water partition coefficient (Wildman–Crippen LogP) is 1.31. The normalized spacial score (nSPS) is 18.5. The minimum Gasteiger partial charge on any atom is -0.480 e. The van der Waals surface area contributed by atoms with Gasteiger partial charge in [-0.15, -0.1) is 0 Å². The van der Waals surface area contributed by atoms with Crippen molar-refractivity contribution in [1.82, 2.24) is 4.90 Å². The van der Waals surface area contributed by atoms with E-state index >= 15 is 0 Å². The predicted molar refractivity (Wildman–Crippen MR) is 67.6 cm³/mol. The minimum absolute atomic E-state index is 0.0577. The number of aliphatic carboxylic acids is 1. The summed E-state index contributed by atoms with van der Waals surface area (Å²) in [5.74, 6) is -0.844. The molecule has 0 aliphatic carbocycles. The van der Waals surface area contributed by atoms with Gasteiger partial charge in [-0.05, 0) is 6.42 Å². The molecule has 1 aliphatic rings. The summed E-state index contributed by atoms with van der Waals surface area (Å²) in [7, 11) is 0. The standard InChI is InChI=1S/C13H23NO4/c1-2-3-4-5-11(15)10-12(13(16)17)14-6-8-18-9-7-14/h12H,2-10H2,1H3,(H,16,17). The van der Waals surface area contributed by atoms with E-state index in [1.807, 2.05) is 4.90 Å². The highest BCUT2D eigenvalue weighted by Crippen LogP contribution is 2.11. The molecule has 0 radical (unpaired) electrons. The third kappa shape index (κ3) is 5.14. The van der Waals surface area contributed by atoms with E-state index in [0.717, 1.165) is 19.3 Å². The summed E-state index contributed by atoms with van der Waals surface area (Å²) in [4.78, 5) is 24.8. The smallest absolute Gasteiger partial charge is 0.321 e. The first-order valence-electron chi connectivity index (χ1n) is 6.71. The first-order chi connectivity index (χ1) is 8.65. The molecule has 1 fully saturated rings. The average molecular weight is 257 g/mol. The Morgan fingerprint density at radius 1 is 1.28 bits per heavy atom. The zero-order chi connectivity index (χ0) is 13.4. The Kier molecular flexibility index (Phi) is 6.90. The number of ether oxygens (including phenoxy) is 1. The molecule has 5 nitrogen and oxygen atoms in total. The largest absolute Gasteiger partial charge is 0.480 e. The monoisotopic (exact) mass is 257 g/mol. The lowest BCUT2D eigenvalue weighted by Gasteiger charge is -2.31. The fourth-order valence-electron chi connectivity index (χ4n) is 2.15. The van der Waals surface area contributed by atoms with Crippen molar-refractivity contribution in [3.8, 4) is 0 Å². The Labute approximate surface area is 108 Å². The van der Waals surface area contributed by atoms with Gasteiger partial charge in [0.2, 0.25) is 0 Å². The van der Waals surface area contributed by atoms with Gasteiger partial charge in [0.1, 0.15) is 11.8 Å². The van der Waals surface area contributed by atoms with Crippen LogP contribution < -0.4 is 0 Å². The summed E-state index contributed by atoms with van der Waals surface area (Å²) >= 11 is 0. The number of carboxylic acids is 1. The highest BCUT2D eigenvalue weighted by molar-refractivity contribution is 5.85. The van der Waals surface area contributed by atoms with Gasteiger partial charge in [0.15, 0.2) is 0 Å². The number of rotatable bonds is 8. The van der Waals surface area contributed by atoms with Gasteiger partial charge in [-0.25, -0.2) is 0 Å². The summed E-state index contributed by atoms with van der Waals surface area (Å²) in [5, 5.41) is 9.21. The highest BCUT2D eigenvalue weighted by Gasteiger charge is 2.28. The van der Waals surface area contributed by atoms with Gasteiger partial charge in [0, 0.05) is 25.9 Å². The van der Waals surface area contributed by atoms with Crippen molar-refractivity contribution >= 4 is 11.8 Å². The molecule has 5 heteroatoms. The number of Topliss-reactive ketones (excluding diaryl/α,β-unsaturated/α-hetero) is 1. The highest BCUT2D eigenvalue weighted by atomic mass is 16.5. The van der Waals surface area contributed by atoms with Crippen LogP contribution in [0.3, 0.4) is 0 Å². The van der Waals surface area contributed by atoms with Crippen molar-refractivity contribution in [1.29, 1.82) is 0 Å². The molecule has 0 aromatic carbocycles. The first-order valence-corrected chi connectivity index (χ1v) is 6.71. The average Bonchev–Trinajstić information content (AvgIpc) is 2.37. The van der Waals surface area contributed by atoms with Crippen LogP contribution in [0, 0.1) is 0 Å². The number of unbranched alkanes of at least 4 members (excludes halogenated alkanes) is 2. The van der Waals surface area contributed by atoms with Gasteiger partial charge in [-0.3, -0.25) is 14.5 Å². The van der Waals surface area contributed by atoms with Crippen molar-refractivity contribution in [2.45, 2.75) is 45.1 Å². The van der Waals surface area contributed by atoms with E-state index in [2.05, 4.69) is 6.92 Å². The maximum atomic E-state index is 11.8. The second-order valence-corrected chi connectivity index (χ2v) is 4.70. The molecule has 1 rings (SSSR count). The number of carbonyl (C=O) groups is 2. The maximum absolute atomic E-state index is 11.8. The van der Waals surface area contributed by atoms with Crippen LogP contribution in [0.1, 0.15) is 39.0 Å². The van der Waals surface area contributed by atoms with Gasteiger partial charge in [0.05, 0.1) is 13.2 Å². The number of ketones is 1. The van der Waals surface area contributed by atoms with Gasteiger partial charge in [0.25, 0.3) is 0 Å². The lowest BCUT2D eigenvalue weighted by molar-refractivity contribution is -0.147. The van der Waals surface area contributed by atoms with Gasteiger partial charge < -0.3 is 9.84 Å². The topological polar surface area (TPSA) is 66.8 Å². The van der Waals surface area contributed by atoms with Crippen LogP contribution in [0.25, 0.3) is 0 Å². The van der Waals surface area contributed by atoms with Crippen molar-refractivity contribution in [2.24, 2.45) is 0 Å². The second kappa shape index (κ2) is 8.21. The molecular formula is C13H23NO4. The summed E-state index contributed by atoms with van der Waals surface area (Å²) in [6.45, 7) is 4.37. The number of nitrogens with zero attached hydrogens (tertiary/aromatic N) is 1. The Hall–Kier alpha value is -0.940. The third-order valence-corrected chi connectivity index (χ3v) is 3.25. The molecule has 18 heavy (non-hydrogen) atoms. The fraction of sp³-hybridized carbons (Fsp3) is 0.846. The third-order valence-electron chi connectivity index (χ3n) is 3.25. The zero-order valence-electron chi connectivity index (χ0n) is 11.1. The van der Waals surface area contributed by atoms with Crippen LogP contribution in [-0.2, 0) is 14.3 Å².